The first-order valence-corrected chi connectivity index (χ1v) is 9.78. The molecule has 1 heterocycles. The molecule has 0 radical (unpaired) electrons. The maximum atomic E-state index is 12.8. The Morgan fingerprint density at radius 2 is 1.75 bits per heavy atom. The molecule has 0 aliphatic carbocycles. The van der Waals surface area contributed by atoms with Crippen LogP contribution in [0.2, 0.25) is 0 Å². The van der Waals surface area contributed by atoms with E-state index in [1.54, 1.807) is 4.90 Å². The second-order valence-electron chi connectivity index (χ2n) is 7.21. The highest BCUT2D eigenvalue weighted by Crippen LogP contribution is 2.28. The van der Waals surface area contributed by atoms with Gasteiger partial charge in [0.2, 0.25) is 11.7 Å². The van der Waals surface area contributed by atoms with E-state index in [2.05, 4.69) is 6.92 Å². The third-order valence-electron chi connectivity index (χ3n) is 5.16. The van der Waals surface area contributed by atoms with Gasteiger partial charge in [0.1, 0.15) is 6.54 Å². The Hall–Kier alpha value is -2.95. The normalized spacial score (nSPS) is 16.9. The first-order chi connectivity index (χ1) is 13.5. The van der Waals surface area contributed by atoms with Crippen LogP contribution in [-0.4, -0.2) is 41.6 Å². The molecule has 5 nitrogen and oxygen atoms in total. The second kappa shape index (κ2) is 8.83. The molecule has 3 rings (SSSR count). The summed E-state index contributed by atoms with van der Waals surface area (Å²) >= 11 is 0. The lowest BCUT2D eigenvalue weighted by Gasteiger charge is -2.40. The summed E-state index contributed by atoms with van der Waals surface area (Å²) in [4.78, 5) is 39.9. The molecule has 1 saturated heterocycles. The van der Waals surface area contributed by atoms with Gasteiger partial charge in [-0.3, -0.25) is 14.4 Å². The quantitative estimate of drug-likeness (QED) is 0.721. The van der Waals surface area contributed by atoms with Crippen molar-refractivity contribution in [2.24, 2.45) is 0 Å². The molecule has 0 spiro atoms. The fourth-order valence-corrected chi connectivity index (χ4v) is 3.63. The summed E-state index contributed by atoms with van der Waals surface area (Å²) in [7, 11) is 0. The van der Waals surface area contributed by atoms with Gasteiger partial charge < -0.3 is 9.80 Å². The largest absolute Gasteiger partial charge is 0.322 e. The summed E-state index contributed by atoms with van der Waals surface area (Å²) in [5.41, 5.74) is 2.95. The van der Waals surface area contributed by atoms with Crippen LogP contribution in [0.15, 0.2) is 54.6 Å². The Labute approximate surface area is 166 Å². The fourth-order valence-electron chi connectivity index (χ4n) is 3.63. The molecule has 0 saturated carbocycles. The molecule has 5 heteroatoms. The minimum absolute atomic E-state index is 0.0532. The molecular formula is C23H26N2O3. The van der Waals surface area contributed by atoms with Gasteiger partial charge in [0.25, 0.3) is 5.91 Å². The summed E-state index contributed by atoms with van der Waals surface area (Å²) in [6.45, 7) is 3.71. The zero-order chi connectivity index (χ0) is 20.1. The average Bonchev–Trinajstić information content (AvgIpc) is 2.72. The van der Waals surface area contributed by atoms with Crippen LogP contribution in [0, 0.1) is 0 Å². The van der Waals surface area contributed by atoms with Crippen molar-refractivity contribution in [3.05, 3.63) is 54.6 Å². The molecule has 1 aliphatic rings. The van der Waals surface area contributed by atoms with Crippen molar-refractivity contribution in [2.75, 3.05) is 18.0 Å². The molecule has 0 bridgehead atoms. The van der Waals surface area contributed by atoms with Gasteiger partial charge in [0.15, 0.2) is 0 Å². The number of nitrogens with zero attached hydrogens (tertiary/aromatic N) is 2. The number of hydrogen-bond donors (Lipinski definition) is 0. The molecule has 1 aliphatic heterocycles. The molecule has 2 aromatic carbocycles. The van der Waals surface area contributed by atoms with E-state index in [0.29, 0.717) is 6.54 Å². The monoisotopic (exact) mass is 378 g/mol. The van der Waals surface area contributed by atoms with Gasteiger partial charge in [-0.15, -0.1) is 0 Å². The number of ketones is 1. The third-order valence-corrected chi connectivity index (χ3v) is 5.16. The van der Waals surface area contributed by atoms with Crippen LogP contribution in [0.3, 0.4) is 0 Å². The van der Waals surface area contributed by atoms with Crippen LogP contribution in [0.4, 0.5) is 5.69 Å². The minimum atomic E-state index is -0.563. The minimum Gasteiger partial charge on any atom is -0.322 e. The zero-order valence-corrected chi connectivity index (χ0v) is 16.4. The molecule has 2 amide bonds. The van der Waals surface area contributed by atoms with Gasteiger partial charge in [0.05, 0.1) is 6.04 Å². The van der Waals surface area contributed by atoms with E-state index in [0.717, 1.165) is 36.1 Å². The molecular weight excluding hydrogens is 352 g/mol. The van der Waals surface area contributed by atoms with Crippen molar-refractivity contribution in [3.8, 4) is 11.1 Å². The van der Waals surface area contributed by atoms with Crippen molar-refractivity contribution in [2.45, 2.75) is 39.2 Å². The van der Waals surface area contributed by atoms with Crippen LogP contribution < -0.4 is 4.90 Å². The zero-order valence-electron chi connectivity index (χ0n) is 16.4. The fraction of sp³-hybridized carbons (Fsp3) is 0.348. The number of Topliss-reactive ketones (excluding diaryl/α,β-unsaturated/α-hetero) is 1. The number of benzene rings is 2. The number of hydrogen-bond acceptors (Lipinski definition) is 3. The maximum Gasteiger partial charge on any atom is 0.290 e. The van der Waals surface area contributed by atoms with Crippen LogP contribution in [0.1, 0.15) is 33.1 Å². The molecule has 0 N–H and O–H groups in total. The number of unbranched alkanes of at least 4 members (excludes halogenated alkanes) is 1. The summed E-state index contributed by atoms with van der Waals surface area (Å²) in [5.74, 6) is -1.24. The van der Waals surface area contributed by atoms with Crippen LogP contribution in [0.25, 0.3) is 11.1 Å². The molecule has 146 valence electrons. The van der Waals surface area contributed by atoms with E-state index in [1.165, 1.54) is 11.8 Å². The lowest BCUT2D eigenvalue weighted by atomic mass is 10.0. The van der Waals surface area contributed by atoms with Crippen molar-refractivity contribution < 1.29 is 14.4 Å². The van der Waals surface area contributed by atoms with Gasteiger partial charge in [-0.1, -0.05) is 62.2 Å². The second-order valence-corrected chi connectivity index (χ2v) is 7.21. The number of piperazine rings is 1. The lowest BCUT2D eigenvalue weighted by molar-refractivity contribution is -0.148. The highest BCUT2D eigenvalue weighted by molar-refractivity contribution is 6.35. The topological polar surface area (TPSA) is 57.7 Å². The Morgan fingerprint density at radius 3 is 2.43 bits per heavy atom. The predicted octanol–water partition coefficient (Wildman–Crippen LogP) is 3.68. The van der Waals surface area contributed by atoms with E-state index in [1.807, 2.05) is 54.6 Å². The first-order valence-electron chi connectivity index (χ1n) is 9.78. The number of carbonyl (C=O) groups excluding carboxylic acids is 3. The SMILES string of the molecule is CCCC[C@@H]1CN(c2cccc(-c3ccccc3)c2)C(=O)CN1C(=O)C(C)=O. The summed E-state index contributed by atoms with van der Waals surface area (Å²) in [6, 6.07) is 17.8. The lowest BCUT2D eigenvalue weighted by Crippen LogP contribution is -2.59. The van der Waals surface area contributed by atoms with Crippen molar-refractivity contribution in [1.82, 2.24) is 4.90 Å². The maximum absolute atomic E-state index is 12.8. The van der Waals surface area contributed by atoms with Crippen molar-refractivity contribution in [3.63, 3.8) is 0 Å². The Balaban J connectivity index is 1.87. The molecule has 28 heavy (non-hydrogen) atoms. The van der Waals surface area contributed by atoms with Gasteiger partial charge in [-0.25, -0.2) is 0 Å². The highest BCUT2D eigenvalue weighted by Gasteiger charge is 2.36. The van der Waals surface area contributed by atoms with Crippen LogP contribution in [-0.2, 0) is 14.4 Å². The highest BCUT2D eigenvalue weighted by atomic mass is 16.2. The van der Waals surface area contributed by atoms with E-state index in [4.69, 9.17) is 0 Å². The van der Waals surface area contributed by atoms with Crippen LogP contribution >= 0.6 is 0 Å². The summed E-state index contributed by atoms with van der Waals surface area (Å²) in [5, 5.41) is 0. The smallest absolute Gasteiger partial charge is 0.290 e. The van der Waals surface area contributed by atoms with Gasteiger partial charge >= 0.3 is 0 Å². The van der Waals surface area contributed by atoms with Crippen molar-refractivity contribution in [1.29, 1.82) is 0 Å². The first kappa shape index (κ1) is 19.8. The van der Waals surface area contributed by atoms with Gasteiger partial charge in [0, 0.05) is 19.2 Å². The molecule has 0 unspecified atom stereocenters. The van der Waals surface area contributed by atoms with E-state index >= 15 is 0 Å². The number of carbonyl (C=O) groups is 3. The molecule has 2 aromatic rings. The number of rotatable bonds is 6. The van der Waals surface area contributed by atoms with E-state index in [9.17, 15) is 14.4 Å². The standard InChI is InChI=1S/C23H26N2O3/c1-3-4-12-21-15-24(22(27)16-25(21)23(28)17(2)26)20-13-8-11-19(14-20)18-9-6-5-7-10-18/h5-11,13-14,21H,3-4,12,15-16H2,1-2H3/t21-/m1/s1. The van der Waals surface area contributed by atoms with Crippen molar-refractivity contribution >= 4 is 23.3 Å². The van der Waals surface area contributed by atoms with Crippen LogP contribution in [0.5, 0.6) is 0 Å². The molecule has 0 aromatic heterocycles. The van der Waals surface area contributed by atoms with Gasteiger partial charge in [-0.2, -0.15) is 0 Å². The Morgan fingerprint density at radius 1 is 1.04 bits per heavy atom. The van der Waals surface area contributed by atoms with Gasteiger partial charge in [-0.05, 0) is 29.7 Å². The molecule has 1 fully saturated rings. The van der Waals surface area contributed by atoms with E-state index < -0.39 is 11.7 Å². The molecule has 1 atom stereocenters. The number of amides is 2. The number of anilines is 1. The Bertz CT molecular complexity index is 863. The van der Waals surface area contributed by atoms with E-state index in [-0.39, 0.29) is 18.5 Å². The predicted molar refractivity (Wildman–Crippen MR) is 110 cm³/mol. The Kier molecular flexibility index (Phi) is 6.24. The summed E-state index contributed by atoms with van der Waals surface area (Å²) in [6.07, 6.45) is 2.71. The summed E-state index contributed by atoms with van der Waals surface area (Å²) < 4.78 is 0. The average molecular weight is 378 g/mol. The third kappa shape index (κ3) is 4.30.